The van der Waals surface area contributed by atoms with Crippen LogP contribution in [0.25, 0.3) is 0 Å². The SMILES string of the molecule is C=CC(OC(C=C)c1c(C)cccc1C)c1c(C)cccc1C. The molecular weight excluding hydrogens is 280 g/mol. The monoisotopic (exact) mass is 306 g/mol. The molecule has 2 aromatic carbocycles. The van der Waals surface area contributed by atoms with Gasteiger partial charge in [-0.2, -0.15) is 0 Å². The molecule has 0 fully saturated rings. The summed E-state index contributed by atoms with van der Waals surface area (Å²) >= 11 is 0. The molecule has 0 heterocycles. The Kier molecular flexibility index (Phi) is 5.57. The number of rotatable bonds is 6. The van der Waals surface area contributed by atoms with Crippen LogP contribution in [0, 0.1) is 27.7 Å². The van der Waals surface area contributed by atoms with Crippen LogP contribution >= 0.6 is 0 Å². The average molecular weight is 306 g/mol. The molecular formula is C22H26O. The van der Waals surface area contributed by atoms with Crippen LogP contribution in [0.2, 0.25) is 0 Å². The quantitative estimate of drug-likeness (QED) is 0.587. The third kappa shape index (κ3) is 3.62. The van der Waals surface area contributed by atoms with E-state index in [-0.39, 0.29) is 12.2 Å². The van der Waals surface area contributed by atoms with E-state index < -0.39 is 0 Å². The number of hydrogen-bond donors (Lipinski definition) is 0. The first kappa shape index (κ1) is 17.2. The second-order valence-corrected chi connectivity index (χ2v) is 6.06. The van der Waals surface area contributed by atoms with Gasteiger partial charge in [-0.15, -0.1) is 13.2 Å². The van der Waals surface area contributed by atoms with Crippen molar-refractivity contribution in [3.8, 4) is 0 Å². The fourth-order valence-electron chi connectivity index (χ4n) is 3.19. The van der Waals surface area contributed by atoms with Gasteiger partial charge in [-0.05, 0) is 61.1 Å². The molecule has 0 aliphatic rings. The van der Waals surface area contributed by atoms with Gasteiger partial charge in [0.05, 0.1) is 0 Å². The standard InChI is InChI=1S/C22H26O/c1-7-19(21-15(3)11-9-12-16(21)4)23-20(8-2)22-17(5)13-10-14-18(22)6/h7-14,19-20H,1-2H2,3-6H3. The Hall–Kier alpha value is -2.12. The van der Waals surface area contributed by atoms with Crippen molar-refractivity contribution in [2.24, 2.45) is 0 Å². The van der Waals surface area contributed by atoms with Gasteiger partial charge >= 0.3 is 0 Å². The van der Waals surface area contributed by atoms with Crippen molar-refractivity contribution in [1.82, 2.24) is 0 Å². The van der Waals surface area contributed by atoms with Crippen LogP contribution in [-0.2, 0) is 4.74 Å². The Balaban J connectivity index is 2.40. The number of ether oxygens (including phenoxy) is 1. The van der Waals surface area contributed by atoms with E-state index in [2.05, 4.69) is 77.3 Å². The van der Waals surface area contributed by atoms with Crippen molar-refractivity contribution in [1.29, 1.82) is 0 Å². The summed E-state index contributed by atoms with van der Waals surface area (Å²) < 4.78 is 6.41. The summed E-state index contributed by atoms with van der Waals surface area (Å²) in [6.45, 7) is 16.4. The van der Waals surface area contributed by atoms with Gasteiger partial charge in [0.25, 0.3) is 0 Å². The minimum atomic E-state index is -0.154. The molecule has 0 aromatic heterocycles. The summed E-state index contributed by atoms with van der Waals surface area (Å²) in [5, 5.41) is 0. The van der Waals surface area contributed by atoms with Crippen LogP contribution in [0.15, 0.2) is 61.7 Å². The number of hydrogen-bond acceptors (Lipinski definition) is 1. The first-order chi connectivity index (χ1) is 11.0. The zero-order chi connectivity index (χ0) is 17.0. The first-order valence-electron chi connectivity index (χ1n) is 8.02. The van der Waals surface area contributed by atoms with Crippen LogP contribution in [0.1, 0.15) is 45.6 Å². The van der Waals surface area contributed by atoms with Crippen molar-refractivity contribution in [3.05, 3.63) is 95.1 Å². The normalized spacial score (nSPS) is 13.4. The second-order valence-electron chi connectivity index (χ2n) is 6.06. The third-order valence-electron chi connectivity index (χ3n) is 4.37. The summed E-state index contributed by atoms with van der Waals surface area (Å²) in [4.78, 5) is 0. The maximum Gasteiger partial charge on any atom is 0.102 e. The minimum Gasteiger partial charge on any atom is -0.357 e. The molecule has 0 saturated carbocycles. The van der Waals surface area contributed by atoms with Crippen molar-refractivity contribution in [2.45, 2.75) is 39.9 Å². The summed E-state index contributed by atoms with van der Waals surface area (Å²) in [7, 11) is 0. The lowest BCUT2D eigenvalue weighted by Crippen LogP contribution is -2.11. The summed E-state index contributed by atoms with van der Waals surface area (Å²) in [6, 6.07) is 12.6. The Labute approximate surface area is 140 Å². The molecule has 2 unspecified atom stereocenters. The lowest BCUT2D eigenvalue weighted by molar-refractivity contribution is 0.0389. The molecule has 0 aliphatic heterocycles. The van der Waals surface area contributed by atoms with E-state index in [0.717, 1.165) is 0 Å². The predicted molar refractivity (Wildman–Crippen MR) is 98.8 cm³/mol. The van der Waals surface area contributed by atoms with Gasteiger partial charge < -0.3 is 4.74 Å². The van der Waals surface area contributed by atoms with Crippen molar-refractivity contribution < 1.29 is 4.74 Å². The molecule has 0 saturated heterocycles. The number of aryl methyl sites for hydroxylation is 4. The zero-order valence-corrected chi connectivity index (χ0v) is 14.6. The van der Waals surface area contributed by atoms with Crippen LogP contribution in [0.4, 0.5) is 0 Å². The minimum absolute atomic E-state index is 0.154. The molecule has 0 amide bonds. The molecule has 120 valence electrons. The van der Waals surface area contributed by atoms with E-state index in [1.165, 1.54) is 33.4 Å². The molecule has 0 radical (unpaired) electrons. The molecule has 1 heteroatoms. The Morgan fingerprint density at radius 1 is 0.696 bits per heavy atom. The highest BCUT2D eigenvalue weighted by Gasteiger charge is 2.20. The molecule has 0 aliphatic carbocycles. The van der Waals surface area contributed by atoms with E-state index >= 15 is 0 Å². The molecule has 2 aromatic rings. The van der Waals surface area contributed by atoms with Gasteiger partial charge in [0.15, 0.2) is 0 Å². The van der Waals surface area contributed by atoms with Crippen LogP contribution in [0.5, 0.6) is 0 Å². The smallest absolute Gasteiger partial charge is 0.102 e. The van der Waals surface area contributed by atoms with Crippen LogP contribution in [-0.4, -0.2) is 0 Å². The van der Waals surface area contributed by atoms with E-state index in [1.807, 2.05) is 12.2 Å². The summed E-state index contributed by atoms with van der Waals surface area (Å²) in [5.41, 5.74) is 7.28. The molecule has 2 rings (SSSR count). The predicted octanol–water partition coefficient (Wildman–Crippen LogP) is 6.09. The van der Waals surface area contributed by atoms with E-state index in [4.69, 9.17) is 4.74 Å². The lowest BCUT2D eigenvalue weighted by Gasteiger charge is -2.26. The van der Waals surface area contributed by atoms with E-state index in [1.54, 1.807) is 0 Å². The average Bonchev–Trinajstić information content (AvgIpc) is 2.51. The molecule has 23 heavy (non-hydrogen) atoms. The van der Waals surface area contributed by atoms with Gasteiger partial charge in [0, 0.05) is 0 Å². The fraction of sp³-hybridized carbons (Fsp3) is 0.273. The third-order valence-corrected chi connectivity index (χ3v) is 4.37. The zero-order valence-electron chi connectivity index (χ0n) is 14.6. The Bertz CT molecular complexity index is 610. The molecule has 2 atom stereocenters. The number of benzene rings is 2. The van der Waals surface area contributed by atoms with Gasteiger partial charge in [-0.3, -0.25) is 0 Å². The maximum atomic E-state index is 6.41. The molecule has 0 spiro atoms. The van der Waals surface area contributed by atoms with Gasteiger partial charge in [0.1, 0.15) is 12.2 Å². The molecule has 0 bridgehead atoms. The van der Waals surface area contributed by atoms with Gasteiger partial charge in [0.2, 0.25) is 0 Å². The summed E-state index contributed by atoms with van der Waals surface area (Å²) in [6.07, 6.45) is 3.44. The van der Waals surface area contributed by atoms with Crippen LogP contribution < -0.4 is 0 Å². The Morgan fingerprint density at radius 3 is 1.26 bits per heavy atom. The first-order valence-corrected chi connectivity index (χ1v) is 8.02. The highest BCUT2D eigenvalue weighted by Crippen LogP contribution is 2.34. The van der Waals surface area contributed by atoms with Crippen LogP contribution in [0.3, 0.4) is 0 Å². The molecule has 0 N–H and O–H groups in total. The van der Waals surface area contributed by atoms with E-state index in [0.29, 0.717) is 0 Å². The lowest BCUT2D eigenvalue weighted by atomic mass is 9.95. The largest absolute Gasteiger partial charge is 0.357 e. The summed E-state index contributed by atoms with van der Waals surface area (Å²) in [5.74, 6) is 0. The topological polar surface area (TPSA) is 9.23 Å². The van der Waals surface area contributed by atoms with Crippen molar-refractivity contribution in [2.75, 3.05) is 0 Å². The fourth-order valence-corrected chi connectivity index (χ4v) is 3.19. The van der Waals surface area contributed by atoms with Gasteiger partial charge in [-0.1, -0.05) is 48.6 Å². The molecule has 1 nitrogen and oxygen atoms in total. The van der Waals surface area contributed by atoms with Crippen molar-refractivity contribution >= 4 is 0 Å². The highest BCUT2D eigenvalue weighted by molar-refractivity contribution is 5.39. The maximum absolute atomic E-state index is 6.41. The van der Waals surface area contributed by atoms with Gasteiger partial charge in [-0.25, -0.2) is 0 Å². The highest BCUT2D eigenvalue weighted by atomic mass is 16.5. The van der Waals surface area contributed by atoms with E-state index in [9.17, 15) is 0 Å². The van der Waals surface area contributed by atoms with Crippen molar-refractivity contribution in [3.63, 3.8) is 0 Å². The Morgan fingerprint density at radius 2 is 1.00 bits per heavy atom. The second kappa shape index (κ2) is 7.43.